The van der Waals surface area contributed by atoms with Crippen LogP contribution in [0.1, 0.15) is 40.1 Å². The molecule has 0 saturated carbocycles. The Balaban J connectivity index is 2.06. The van der Waals surface area contributed by atoms with Crippen molar-refractivity contribution < 1.29 is 17.9 Å². The molecule has 0 N–H and O–H groups in total. The normalized spacial score (nSPS) is 12.7. The van der Waals surface area contributed by atoms with E-state index in [0.717, 1.165) is 11.1 Å². The summed E-state index contributed by atoms with van der Waals surface area (Å²) in [5.74, 6) is -0.466. The molecule has 0 fully saturated rings. The van der Waals surface area contributed by atoms with Crippen molar-refractivity contribution in [1.82, 2.24) is 0 Å². The van der Waals surface area contributed by atoms with E-state index in [-0.39, 0.29) is 11.9 Å². The fourth-order valence-corrected chi connectivity index (χ4v) is 3.06. The van der Waals surface area contributed by atoms with E-state index in [9.17, 15) is 13.2 Å². The Labute approximate surface area is 137 Å². The molecule has 1 atom stereocenters. The summed E-state index contributed by atoms with van der Waals surface area (Å²) in [6.45, 7) is 3.81. The van der Waals surface area contributed by atoms with Crippen molar-refractivity contribution in [2.45, 2.75) is 25.7 Å². The van der Waals surface area contributed by atoms with Gasteiger partial charge in [0, 0.05) is 6.26 Å². The summed E-state index contributed by atoms with van der Waals surface area (Å²) >= 11 is 0. The third-order valence-corrected chi connectivity index (χ3v) is 4.27. The Hall–Kier alpha value is -2.14. The van der Waals surface area contributed by atoms with Crippen molar-refractivity contribution in [2.75, 3.05) is 6.26 Å². The van der Waals surface area contributed by atoms with Crippen molar-refractivity contribution in [1.29, 1.82) is 0 Å². The summed E-state index contributed by atoms with van der Waals surface area (Å²) in [4.78, 5) is 12.2. The first-order chi connectivity index (χ1) is 10.7. The molecule has 2 aromatic carbocycles. The van der Waals surface area contributed by atoms with Crippen molar-refractivity contribution >= 4 is 15.8 Å². The van der Waals surface area contributed by atoms with E-state index in [4.69, 9.17) is 4.74 Å². The number of aryl methyl sites for hydroxylation is 1. The summed E-state index contributed by atoms with van der Waals surface area (Å²) in [6.07, 6.45) is 0.830. The molecule has 0 aromatic heterocycles. The Kier molecular flexibility index (Phi) is 5.21. The van der Waals surface area contributed by atoms with Gasteiger partial charge in [-0.2, -0.15) is 0 Å². The quantitative estimate of drug-likeness (QED) is 0.787. The van der Waals surface area contributed by atoms with Crippen LogP contribution in [0.4, 0.5) is 0 Å². The Bertz CT molecular complexity index is 792. The van der Waals surface area contributed by atoms with Gasteiger partial charge in [0.25, 0.3) is 0 Å². The second-order valence-electron chi connectivity index (χ2n) is 5.73. The first-order valence-electron chi connectivity index (χ1n) is 7.29. The Morgan fingerprint density at radius 2 is 1.78 bits per heavy atom. The number of carbonyl (C=O) groups is 1. The van der Waals surface area contributed by atoms with Crippen LogP contribution in [-0.4, -0.2) is 20.6 Å². The molecule has 0 bridgehead atoms. The van der Waals surface area contributed by atoms with Gasteiger partial charge in [-0.25, -0.2) is 13.2 Å². The number of ether oxygens (including phenoxy) is 1. The minimum atomic E-state index is -3.09. The van der Waals surface area contributed by atoms with E-state index in [2.05, 4.69) is 0 Å². The standard InChI is InChI=1S/C18H20O4S/c1-13-5-4-6-17(11-13)14(2)22-18(19)16-9-7-15(8-10-16)12-23(3,20)21/h4-11,14H,12H2,1-3H3. The second kappa shape index (κ2) is 6.96. The van der Waals surface area contributed by atoms with E-state index in [1.165, 1.54) is 6.26 Å². The van der Waals surface area contributed by atoms with Crippen LogP contribution in [0.2, 0.25) is 0 Å². The molecule has 0 spiro atoms. The second-order valence-corrected chi connectivity index (χ2v) is 7.87. The largest absolute Gasteiger partial charge is 0.454 e. The molecule has 2 rings (SSSR count). The molecule has 1 unspecified atom stereocenters. The monoisotopic (exact) mass is 332 g/mol. The van der Waals surface area contributed by atoms with E-state index in [1.807, 2.05) is 38.1 Å². The number of carbonyl (C=O) groups excluding carboxylic acids is 1. The average molecular weight is 332 g/mol. The number of hydrogen-bond donors (Lipinski definition) is 0. The molecule has 4 nitrogen and oxygen atoms in total. The zero-order valence-electron chi connectivity index (χ0n) is 13.4. The smallest absolute Gasteiger partial charge is 0.338 e. The van der Waals surface area contributed by atoms with Crippen LogP contribution in [0.25, 0.3) is 0 Å². The van der Waals surface area contributed by atoms with E-state index in [1.54, 1.807) is 24.3 Å². The number of rotatable bonds is 5. The van der Waals surface area contributed by atoms with Crippen molar-refractivity contribution in [3.8, 4) is 0 Å². The predicted octanol–water partition coefficient (Wildman–Crippen LogP) is 3.46. The summed E-state index contributed by atoms with van der Waals surface area (Å²) in [7, 11) is -3.09. The van der Waals surface area contributed by atoms with Gasteiger partial charge in [0.05, 0.1) is 11.3 Å². The van der Waals surface area contributed by atoms with Gasteiger partial charge in [-0.15, -0.1) is 0 Å². The Morgan fingerprint density at radius 1 is 1.13 bits per heavy atom. The van der Waals surface area contributed by atoms with Crippen molar-refractivity contribution in [3.05, 3.63) is 70.8 Å². The molecule has 122 valence electrons. The molecular formula is C18H20O4S. The van der Waals surface area contributed by atoms with Crippen LogP contribution in [0.5, 0.6) is 0 Å². The van der Waals surface area contributed by atoms with Crippen LogP contribution in [0.15, 0.2) is 48.5 Å². The Morgan fingerprint density at radius 3 is 2.35 bits per heavy atom. The highest BCUT2D eigenvalue weighted by atomic mass is 32.2. The fraction of sp³-hybridized carbons (Fsp3) is 0.278. The number of sulfone groups is 1. The van der Waals surface area contributed by atoms with E-state index in [0.29, 0.717) is 11.1 Å². The zero-order valence-corrected chi connectivity index (χ0v) is 14.3. The van der Waals surface area contributed by atoms with Gasteiger partial charge >= 0.3 is 5.97 Å². The molecule has 5 heteroatoms. The number of hydrogen-bond acceptors (Lipinski definition) is 4. The lowest BCUT2D eigenvalue weighted by atomic mass is 10.1. The molecule has 0 heterocycles. The highest BCUT2D eigenvalue weighted by Gasteiger charge is 2.14. The molecule has 0 aliphatic rings. The lowest BCUT2D eigenvalue weighted by Gasteiger charge is -2.14. The zero-order chi connectivity index (χ0) is 17.0. The maximum Gasteiger partial charge on any atom is 0.338 e. The molecule has 2 aromatic rings. The minimum absolute atomic E-state index is 0.0397. The summed E-state index contributed by atoms with van der Waals surface area (Å²) < 4.78 is 28.0. The lowest BCUT2D eigenvalue weighted by Crippen LogP contribution is -2.09. The summed E-state index contributed by atoms with van der Waals surface area (Å²) in [5.41, 5.74) is 3.10. The molecule has 0 amide bonds. The minimum Gasteiger partial charge on any atom is -0.454 e. The van der Waals surface area contributed by atoms with Gasteiger partial charge in [0.15, 0.2) is 9.84 Å². The van der Waals surface area contributed by atoms with Crippen LogP contribution in [0.3, 0.4) is 0 Å². The van der Waals surface area contributed by atoms with Gasteiger partial charge in [-0.3, -0.25) is 0 Å². The highest BCUT2D eigenvalue weighted by molar-refractivity contribution is 7.89. The SMILES string of the molecule is Cc1cccc(C(C)OC(=O)c2ccc(CS(C)(=O)=O)cc2)c1. The van der Waals surface area contributed by atoms with Crippen LogP contribution >= 0.6 is 0 Å². The van der Waals surface area contributed by atoms with Crippen molar-refractivity contribution in [3.63, 3.8) is 0 Å². The molecule has 0 aliphatic carbocycles. The summed E-state index contributed by atoms with van der Waals surface area (Å²) in [6, 6.07) is 14.3. The van der Waals surface area contributed by atoms with Crippen LogP contribution in [0, 0.1) is 6.92 Å². The number of benzene rings is 2. The predicted molar refractivity (Wildman–Crippen MR) is 90.0 cm³/mol. The highest BCUT2D eigenvalue weighted by Crippen LogP contribution is 2.20. The first-order valence-corrected chi connectivity index (χ1v) is 9.35. The van der Waals surface area contributed by atoms with Gasteiger partial charge < -0.3 is 4.74 Å². The third-order valence-electron chi connectivity index (χ3n) is 3.41. The van der Waals surface area contributed by atoms with Crippen LogP contribution in [-0.2, 0) is 20.3 Å². The van der Waals surface area contributed by atoms with E-state index >= 15 is 0 Å². The fourth-order valence-electron chi connectivity index (χ4n) is 2.26. The summed E-state index contributed by atoms with van der Waals surface area (Å²) in [5, 5.41) is 0. The van der Waals surface area contributed by atoms with Gasteiger partial charge in [-0.1, -0.05) is 42.0 Å². The molecule has 23 heavy (non-hydrogen) atoms. The van der Waals surface area contributed by atoms with Crippen molar-refractivity contribution in [2.24, 2.45) is 0 Å². The maximum atomic E-state index is 12.2. The van der Waals surface area contributed by atoms with Gasteiger partial charge in [0.1, 0.15) is 6.10 Å². The molecule has 0 saturated heterocycles. The third kappa shape index (κ3) is 5.21. The molecule has 0 radical (unpaired) electrons. The van der Waals surface area contributed by atoms with Gasteiger partial charge in [0.2, 0.25) is 0 Å². The number of esters is 1. The van der Waals surface area contributed by atoms with E-state index < -0.39 is 15.8 Å². The first kappa shape index (κ1) is 17.2. The molecular weight excluding hydrogens is 312 g/mol. The maximum absolute atomic E-state index is 12.2. The average Bonchev–Trinajstić information content (AvgIpc) is 2.46. The molecule has 0 aliphatic heterocycles. The van der Waals surface area contributed by atoms with Gasteiger partial charge in [-0.05, 0) is 37.1 Å². The lowest BCUT2D eigenvalue weighted by molar-refractivity contribution is 0.0337. The topological polar surface area (TPSA) is 60.4 Å². The van der Waals surface area contributed by atoms with Crippen LogP contribution < -0.4 is 0 Å².